The first-order valence-corrected chi connectivity index (χ1v) is 8.84. The molecule has 0 radical (unpaired) electrons. The third kappa shape index (κ3) is 4.49. The molecule has 0 atom stereocenters. The molecule has 8 nitrogen and oxygen atoms in total. The van der Waals surface area contributed by atoms with Gasteiger partial charge in [0.05, 0.1) is 5.69 Å². The predicted octanol–water partition coefficient (Wildman–Crippen LogP) is 2.38. The minimum absolute atomic E-state index is 0.191. The van der Waals surface area contributed by atoms with Crippen molar-refractivity contribution in [3.05, 3.63) is 65.2 Å². The Bertz CT molecular complexity index is 993. The number of benzene rings is 2. The van der Waals surface area contributed by atoms with E-state index < -0.39 is 30.4 Å². The Kier molecular flexibility index (Phi) is 5.73. The summed E-state index contributed by atoms with van der Waals surface area (Å²) in [5, 5.41) is 10.8. The van der Waals surface area contributed by atoms with Gasteiger partial charge in [0, 0.05) is 0 Å². The van der Waals surface area contributed by atoms with Crippen LogP contribution in [-0.4, -0.2) is 35.5 Å². The molecule has 0 bridgehead atoms. The van der Waals surface area contributed by atoms with Gasteiger partial charge in [-0.2, -0.15) is 0 Å². The zero-order chi connectivity index (χ0) is 21.0. The van der Waals surface area contributed by atoms with E-state index >= 15 is 0 Å². The molecule has 3 rings (SSSR count). The first-order chi connectivity index (χ1) is 13.9. The zero-order valence-electron chi connectivity index (χ0n) is 15.5. The Morgan fingerprint density at radius 3 is 2.31 bits per heavy atom. The van der Waals surface area contributed by atoms with Crippen LogP contribution in [0.1, 0.15) is 18.1 Å². The summed E-state index contributed by atoms with van der Waals surface area (Å²) in [7, 11) is 0. The van der Waals surface area contributed by atoms with Crippen molar-refractivity contribution in [3.63, 3.8) is 0 Å². The number of aliphatic carboxylic acids is 1. The van der Waals surface area contributed by atoms with Gasteiger partial charge < -0.3 is 9.84 Å². The molecule has 2 aromatic carbocycles. The summed E-state index contributed by atoms with van der Waals surface area (Å²) >= 11 is 0. The second kappa shape index (κ2) is 8.39. The quantitative estimate of drug-likeness (QED) is 0.575. The van der Waals surface area contributed by atoms with E-state index in [0.717, 1.165) is 16.9 Å². The van der Waals surface area contributed by atoms with Crippen LogP contribution in [0.5, 0.6) is 5.75 Å². The molecular weight excluding hydrogens is 376 g/mol. The molecule has 0 aromatic heterocycles. The van der Waals surface area contributed by atoms with E-state index in [1.807, 2.05) is 19.1 Å². The van der Waals surface area contributed by atoms with Crippen molar-refractivity contribution in [2.24, 2.45) is 0 Å². The van der Waals surface area contributed by atoms with Gasteiger partial charge in [0.1, 0.15) is 11.3 Å². The van der Waals surface area contributed by atoms with Crippen LogP contribution in [0.3, 0.4) is 0 Å². The number of anilines is 1. The molecule has 0 aliphatic carbocycles. The summed E-state index contributed by atoms with van der Waals surface area (Å²) in [6.07, 6.45) is 2.18. The van der Waals surface area contributed by atoms with E-state index in [9.17, 15) is 19.2 Å². The number of ether oxygens (including phenoxy) is 1. The maximum atomic E-state index is 12.8. The molecule has 0 saturated carbocycles. The summed E-state index contributed by atoms with van der Waals surface area (Å²) in [4.78, 5) is 48.7. The Labute approximate surface area is 166 Å². The van der Waals surface area contributed by atoms with Gasteiger partial charge in [-0.1, -0.05) is 31.2 Å². The zero-order valence-corrected chi connectivity index (χ0v) is 15.5. The highest BCUT2D eigenvalue weighted by molar-refractivity contribution is 6.39. The second-order valence-corrected chi connectivity index (χ2v) is 6.23. The predicted molar refractivity (Wildman–Crippen MR) is 104 cm³/mol. The lowest BCUT2D eigenvalue weighted by Crippen LogP contribution is -2.54. The standard InChI is InChI=1S/C21H18N2O6/c1-2-13-3-7-15(8-4-13)23-20(27)17(19(26)22-21(23)28)11-14-5-9-16(10-6-14)29-12-18(24)25/h3-11H,2,12H2,1H3,(H,24,25)(H,22,26,28)/b17-11+. The van der Waals surface area contributed by atoms with Crippen molar-refractivity contribution in [1.82, 2.24) is 5.32 Å². The number of carboxylic acid groups (broad SMARTS) is 1. The maximum absolute atomic E-state index is 12.8. The average Bonchev–Trinajstić information content (AvgIpc) is 2.71. The minimum atomic E-state index is -1.10. The van der Waals surface area contributed by atoms with Gasteiger partial charge in [0.2, 0.25) is 0 Å². The molecule has 1 fully saturated rings. The second-order valence-electron chi connectivity index (χ2n) is 6.23. The molecule has 1 heterocycles. The lowest BCUT2D eigenvalue weighted by atomic mass is 10.1. The van der Waals surface area contributed by atoms with Crippen molar-refractivity contribution in [2.75, 3.05) is 11.5 Å². The van der Waals surface area contributed by atoms with Crippen LogP contribution >= 0.6 is 0 Å². The molecule has 4 amide bonds. The largest absolute Gasteiger partial charge is 0.482 e. The number of amides is 4. The number of hydrogen-bond acceptors (Lipinski definition) is 5. The molecule has 0 unspecified atom stereocenters. The highest BCUT2D eigenvalue weighted by Gasteiger charge is 2.36. The Balaban J connectivity index is 1.85. The van der Waals surface area contributed by atoms with Crippen LogP contribution in [-0.2, 0) is 20.8 Å². The first kappa shape index (κ1) is 19.8. The number of carbonyl (C=O) groups excluding carboxylic acids is 3. The summed E-state index contributed by atoms with van der Waals surface area (Å²) in [6, 6.07) is 12.3. The van der Waals surface area contributed by atoms with E-state index in [2.05, 4.69) is 5.32 Å². The van der Waals surface area contributed by atoms with E-state index in [0.29, 0.717) is 17.0 Å². The number of nitrogens with one attached hydrogen (secondary N) is 1. The summed E-state index contributed by atoms with van der Waals surface area (Å²) in [5.41, 5.74) is 1.74. The van der Waals surface area contributed by atoms with Gasteiger partial charge in [0.15, 0.2) is 6.61 Å². The van der Waals surface area contributed by atoms with E-state index in [4.69, 9.17) is 9.84 Å². The monoisotopic (exact) mass is 394 g/mol. The number of rotatable bonds is 6. The number of urea groups is 1. The molecule has 1 aliphatic rings. The van der Waals surface area contributed by atoms with Crippen LogP contribution in [0.25, 0.3) is 6.08 Å². The van der Waals surface area contributed by atoms with Gasteiger partial charge in [-0.15, -0.1) is 0 Å². The van der Waals surface area contributed by atoms with Crippen molar-refractivity contribution < 1.29 is 29.0 Å². The molecular formula is C21H18N2O6. The maximum Gasteiger partial charge on any atom is 0.341 e. The molecule has 1 saturated heterocycles. The van der Waals surface area contributed by atoms with Crippen LogP contribution in [0.2, 0.25) is 0 Å². The normalized spacial score (nSPS) is 15.4. The molecule has 8 heteroatoms. The Hall–Kier alpha value is -3.94. The molecule has 2 N–H and O–H groups in total. The summed E-state index contributed by atoms with van der Waals surface area (Å²) in [5.74, 6) is -2.28. The number of barbiturate groups is 1. The van der Waals surface area contributed by atoms with Crippen LogP contribution in [0.4, 0.5) is 10.5 Å². The van der Waals surface area contributed by atoms with E-state index in [1.165, 1.54) is 18.2 Å². The smallest absolute Gasteiger partial charge is 0.341 e. The fraction of sp³-hybridized carbons (Fsp3) is 0.143. The molecule has 1 aliphatic heterocycles. The van der Waals surface area contributed by atoms with Gasteiger partial charge in [-0.3, -0.25) is 14.9 Å². The van der Waals surface area contributed by atoms with Crippen molar-refractivity contribution in [3.8, 4) is 5.75 Å². The number of aryl methyl sites for hydroxylation is 1. The van der Waals surface area contributed by atoms with Gasteiger partial charge >= 0.3 is 12.0 Å². The third-order valence-corrected chi connectivity index (χ3v) is 4.26. The molecule has 0 spiro atoms. The van der Waals surface area contributed by atoms with Crippen molar-refractivity contribution in [2.45, 2.75) is 13.3 Å². The highest BCUT2D eigenvalue weighted by Crippen LogP contribution is 2.23. The van der Waals surface area contributed by atoms with E-state index in [1.54, 1.807) is 24.3 Å². The summed E-state index contributed by atoms with van der Waals surface area (Å²) < 4.78 is 5.04. The first-order valence-electron chi connectivity index (χ1n) is 8.84. The molecule has 2 aromatic rings. The average molecular weight is 394 g/mol. The number of imide groups is 2. The number of hydrogen-bond donors (Lipinski definition) is 2. The van der Waals surface area contributed by atoms with Crippen molar-refractivity contribution in [1.29, 1.82) is 0 Å². The third-order valence-electron chi connectivity index (χ3n) is 4.26. The topological polar surface area (TPSA) is 113 Å². The lowest BCUT2D eigenvalue weighted by Gasteiger charge is -2.26. The minimum Gasteiger partial charge on any atom is -0.482 e. The SMILES string of the molecule is CCc1ccc(N2C(=O)NC(=O)/C(=C\c3ccc(OCC(=O)O)cc3)C2=O)cc1. The number of carboxylic acids is 1. The highest BCUT2D eigenvalue weighted by atomic mass is 16.5. The van der Waals surface area contributed by atoms with E-state index in [-0.39, 0.29) is 5.57 Å². The Morgan fingerprint density at radius 1 is 1.07 bits per heavy atom. The van der Waals surface area contributed by atoms with Crippen LogP contribution in [0, 0.1) is 0 Å². The van der Waals surface area contributed by atoms with Crippen molar-refractivity contribution >= 4 is 35.6 Å². The molecule has 148 valence electrons. The van der Waals surface area contributed by atoms with Gasteiger partial charge in [-0.05, 0) is 47.9 Å². The Morgan fingerprint density at radius 2 is 1.72 bits per heavy atom. The lowest BCUT2D eigenvalue weighted by molar-refractivity contribution is -0.139. The van der Waals surface area contributed by atoms with Gasteiger partial charge in [-0.25, -0.2) is 14.5 Å². The van der Waals surface area contributed by atoms with Crippen LogP contribution in [0.15, 0.2) is 54.1 Å². The number of carbonyl (C=O) groups is 4. The van der Waals surface area contributed by atoms with Gasteiger partial charge in [0.25, 0.3) is 11.8 Å². The fourth-order valence-corrected chi connectivity index (χ4v) is 2.74. The fourth-order valence-electron chi connectivity index (χ4n) is 2.74. The van der Waals surface area contributed by atoms with Crippen LogP contribution < -0.4 is 15.0 Å². The molecule has 29 heavy (non-hydrogen) atoms. The summed E-state index contributed by atoms with van der Waals surface area (Å²) in [6.45, 7) is 1.51. The number of nitrogens with zero attached hydrogens (tertiary/aromatic N) is 1.